The van der Waals surface area contributed by atoms with Crippen molar-refractivity contribution in [1.29, 1.82) is 0 Å². The Bertz CT molecular complexity index is 963. The topological polar surface area (TPSA) is 156 Å². The zero-order chi connectivity index (χ0) is 23.0. The summed E-state index contributed by atoms with van der Waals surface area (Å²) < 4.78 is 23.1. The molecule has 2 aliphatic heterocycles. The number of hydrogen-bond acceptors (Lipinski definition) is 12. The summed E-state index contributed by atoms with van der Waals surface area (Å²) in [6, 6.07) is 0. The van der Waals surface area contributed by atoms with Crippen molar-refractivity contribution >= 4 is 35.2 Å². The van der Waals surface area contributed by atoms with E-state index in [1.165, 1.54) is 32.4 Å². The van der Waals surface area contributed by atoms with E-state index in [1.807, 2.05) is 0 Å². The first-order chi connectivity index (χ1) is 14.5. The van der Waals surface area contributed by atoms with Crippen LogP contribution in [0.3, 0.4) is 0 Å². The zero-order valence-corrected chi connectivity index (χ0v) is 17.9. The molecular formula is C18H25N5O8. The van der Waals surface area contributed by atoms with Gasteiger partial charge >= 0.3 is 23.6 Å². The van der Waals surface area contributed by atoms with Gasteiger partial charge in [-0.05, 0) is 0 Å². The van der Waals surface area contributed by atoms with Crippen LogP contribution in [0.2, 0.25) is 0 Å². The highest BCUT2D eigenvalue weighted by atomic mass is 16.7. The van der Waals surface area contributed by atoms with Crippen LogP contribution in [0.1, 0.15) is 20.8 Å². The maximum absolute atomic E-state index is 12.3. The molecule has 0 spiro atoms. The summed E-state index contributed by atoms with van der Waals surface area (Å²) in [6.07, 6.45) is -4.03. The van der Waals surface area contributed by atoms with Crippen LogP contribution in [-0.4, -0.2) is 72.3 Å². The van der Waals surface area contributed by atoms with Crippen LogP contribution in [0.25, 0.3) is 0 Å². The fourth-order valence-corrected chi connectivity index (χ4v) is 3.67. The molecule has 13 heteroatoms. The van der Waals surface area contributed by atoms with Crippen molar-refractivity contribution in [2.45, 2.75) is 45.3 Å². The number of esters is 3. The summed E-state index contributed by atoms with van der Waals surface area (Å²) >= 11 is 0. The van der Waals surface area contributed by atoms with E-state index >= 15 is 0 Å². The normalized spacial score (nSPS) is 24.7. The highest BCUT2D eigenvalue weighted by Gasteiger charge is 2.54. The van der Waals surface area contributed by atoms with E-state index in [4.69, 9.17) is 24.7 Å². The molecule has 1 aromatic heterocycles. The zero-order valence-electron chi connectivity index (χ0n) is 17.9. The minimum atomic E-state index is -1.08. The van der Waals surface area contributed by atoms with Gasteiger partial charge in [-0.15, -0.1) is 0 Å². The van der Waals surface area contributed by atoms with Crippen LogP contribution in [0.15, 0.2) is 4.79 Å². The number of fused-ring (bicyclic) bond motifs is 1. The quantitative estimate of drug-likeness (QED) is 0.429. The second-order valence-electron chi connectivity index (χ2n) is 7.34. The molecule has 0 amide bonds. The Morgan fingerprint density at radius 3 is 2.29 bits per heavy atom. The van der Waals surface area contributed by atoms with Gasteiger partial charge < -0.3 is 34.5 Å². The van der Waals surface area contributed by atoms with Gasteiger partial charge in [0.15, 0.2) is 24.3 Å². The van der Waals surface area contributed by atoms with Crippen molar-refractivity contribution < 1.29 is 33.3 Å². The third-order valence-corrected chi connectivity index (χ3v) is 4.97. The second-order valence-corrected chi connectivity index (χ2v) is 7.34. The van der Waals surface area contributed by atoms with Crippen LogP contribution in [0.4, 0.5) is 17.3 Å². The minimum Gasteiger partial charge on any atom is -0.463 e. The number of rotatable bonds is 5. The molecule has 3 heterocycles. The number of carbonyl (C=O) groups is 3. The first kappa shape index (κ1) is 22.3. The number of nitrogens with two attached hydrogens (primary N) is 1. The molecule has 1 fully saturated rings. The fraction of sp³-hybridized carbons (Fsp3) is 0.611. The Labute approximate surface area is 177 Å². The molecule has 0 bridgehead atoms. The molecule has 0 aromatic carbocycles. The van der Waals surface area contributed by atoms with Crippen molar-refractivity contribution in [3.8, 4) is 0 Å². The number of nitrogen functional groups attached to an aromatic ring is 1. The van der Waals surface area contributed by atoms with E-state index in [2.05, 4.69) is 4.98 Å². The van der Waals surface area contributed by atoms with Gasteiger partial charge in [-0.25, -0.2) is 4.79 Å². The Morgan fingerprint density at radius 1 is 1.10 bits per heavy atom. The van der Waals surface area contributed by atoms with Crippen LogP contribution < -0.4 is 21.2 Å². The lowest BCUT2D eigenvalue weighted by Gasteiger charge is -2.29. The van der Waals surface area contributed by atoms with E-state index in [9.17, 15) is 19.2 Å². The molecule has 2 aliphatic rings. The number of aromatic nitrogens is 2. The highest BCUT2D eigenvalue weighted by molar-refractivity contribution is 5.81. The van der Waals surface area contributed by atoms with E-state index in [0.717, 1.165) is 0 Å². The standard InChI is InChI=1S/C18H25N5O8/c1-8(24)28-6-11-13(29-9(2)25)14(30-10(3)26)17(31-11)23-7-21(4)12-15(19)22(5)18(27)20-16(12)23/h11,13-14,17H,6-7,19H2,1-5H3/t11-,13-,14-,17-/m1/s1. The van der Waals surface area contributed by atoms with Gasteiger partial charge in [0.2, 0.25) is 0 Å². The summed E-state index contributed by atoms with van der Waals surface area (Å²) in [5, 5.41) is 0. The summed E-state index contributed by atoms with van der Waals surface area (Å²) in [7, 11) is 3.25. The molecule has 170 valence electrons. The highest BCUT2D eigenvalue weighted by Crippen LogP contribution is 2.41. The van der Waals surface area contributed by atoms with Crippen molar-refractivity contribution in [2.75, 3.05) is 35.9 Å². The lowest BCUT2D eigenvalue weighted by atomic mass is 10.1. The summed E-state index contributed by atoms with van der Waals surface area (Å²) in [6.45, 7) is 3.60. The van der Waals surface area contributed by atoms with Crippen molar-refractivity contribution in [2.24, 2.45) is 7.05 Å². The van der Waals surface area contributed by atoms with Gasteiger partial charge in [0.05, 0.1) is 6.67 Å². The first-order valence-corrected chi connectivity index (χ1v) is 9.48. The Balaban J connectivity index is 2.02. The molecule has 13 nitrogen and oxygen atoms in total. The molecular weight excluding hydrogens is 414 g/mol. The SMILES string of the molecule is CC(=O)OC[C@H]1O[C@@H](N2CN(C)c3c2nc(=O)n(C)c3N)[C@H](OC(C)=O)[C@@H]1OC(C)=O. The third-order valence-electron chi connectivity index (χ3n) is 4.97. The van der Waals surface area contributed by atoms with Crippen molar-refractivity contribution in [3.63, 3.8) is 0 Å². The van der Waals surface area contributed by atoms with Gasteiger partial charge in [0, 0.05) is 34.9 Å². The van der Waals surface area contributed by atoms with E-state index in [1.54, 1.807) is 16.8 Å². The van der Waals surface area contributed by atoms with Crippen LogP contribution in [0.5, 0.6) is 0 Å². The lowest BCUT2D eigenvalue weighted by Crippen LogP contribution is -2.48. The minimum absolute atomic E-state index is 0.200. The molecule has 2 N–H and O–H groups in total. The maximum atomic E-state index is 12.3. The molecule has 3 rings (SSSR count). The average Bonchev–Trinajstić information content (AvgIpc) is 3.15. The Hall–Kier alpha value is -3.35. The summed E-state index contributed by atoms with van der Waals surface area (Å²) in [4.78, 5) is 54.5. The predicted molar refractivity (Wildman–Crippen MR) is 106 cm³/mol. The number of carbonyl (C=O) groups excluding carboxylic acids is 3. The first-order valence-electron chi connectivity index (χ1n) is 9.48. The molecule has 0 radical (unpaired) electrons. The number of ether oxygens (including phenoxy) is 4. The van der Waals surface area contributed by atoms with E-state index in [0.29, 0.717) is 5.69 Å². The molecule has 0 aliphatic carbocycles. The molecule has 1 aromatic rings. The fourth-order valence-electron chi connectivity index (χ4n) is 3.67. The molecule has 0 saturated carbocycles. The maximum Gasteiger partial charge on any atom is 0.350 e. The molecule has 31 heavy (non-hydrogen) atoms. The van der Waals surface area contributed by atoms with E-state index < -0.39 is 48.1 Å². The van der Waals surface area contributed by atoms with Gasteiger partial charge in [0.1, 0.15) is 24.2 Å². The van der Waals surface area contributed by atoms with Crippen LogP contribution in [0, 0.1) is 0 Å². The van der Waals surface area contributed by atoms with E-state index in [-0.39, 0.29) is 24.9 Å². The smallest absolute Gasteiger partial charge is 0.350 e. The lowest BCUT2D eigenvalue weighted by molar-refractivity contribution is -0.165. The van der Waals surface area contributed by atoms with Gasteiger partial charge in [-0.3, -0.25) is 19.0 Å². The number of nitrogens with zero attached hydrogens (tertiary/aromatic N) is 4. The predicted octanol–water partition coefficient (Wildman–Crippen LogP) is -1.27. The summed E-state index contributed by atoms with van der Waals surface area (Å²) in [5.41, 5.74) is 6.03. The van der Waals surface area contributed by atoms with Crippen molar-refractivity contribution in [1.82, 2.24) is 9.55 Å². The molecule has 0 unspecified atom stereocenters. The average molecular weight is 439 g/mol. The van der Waals surface area contributed by atoms with Crippen LogP contribution >= 0.6 is 0 Å². The largest absolute Gasteiger partial charge is 0.463 e. The third kappa shape index (κ3) is 4.26. The van der Waals surface area contributed by atoms with Crippen molar-refractivity contribution in [3.05, 3.63) is 10.5 Å². The van der Waals surface area contributed by atoms with Gasteiger partial charge in [0.25, 0.3) is 0 Å². The number of anilines is 3. The second kappa shape index (κ2) is 8.41. The summed E-state index contributed by atoms with van der Waals surface area (Å²) in [5.74, 6) is -1.38. The van der Waals surface area contributed by atoms with Crippen LogP contribution in [-0.2, 0) is 40.4 Å². The van der Waals surface area contributed by atoms with Gasteiger partial charge in [-0.2, -0.15) is 4.98 Å². The Kier molecular flexibility index (Phi) is 6.06. The van der Waals surface area contributed by atoms with Gasteiger partial charge in [-0.1, -0.05) is 0 Å². The molecule has 4 atom stereocenters. The number of hydrogen-bond donors (Lipinski definition) is 1. The monoisotopic (exact) mass is 439 g/mol. The Morgan fingerprint density at radius 2 is 1.71 bits per heavy atom. The molecule has 1 saturated heterocycles.